The van der Waals surface area contributed by atoms with Crippen molar-refractivity contribution in [2.24, 2.45) is 0 Å². The quantitative estimate of drug-likeness (QED) is 0.805. The molecular weight excluding hydrogens is 215 g/mol. The molecule has 0 aliphatic heterocycles. The molecule has 4 heteroatoms. The highest BCUT2D eigenvalue weighted by Gasteiger charge is 2.11. The second-order valence-corrected chi connectivity index (χ2v) is 3.81. The lowest BCUT2D eigenvalue weighted by molar-refractivity contribution is 0.628. The van der Waals surface area contributed by atoms with Gasteiger partial charge in [0.2, 0.25) is 0 Å². The maximum absolute atomic E-state index is 13.1. The lowest BCUT2D eigenvalue weighted by Gasteiger charge is -2.24. The lowest BCUT2D eigenvalue weighted by atomic mass is 10.2. The van der Waals surface area contributed by atoms with Gasteiger partial charge < -0.3 is 10.6 Å². The zero-order valence-electron chi connectivity index (χ0n) is 9.06. The summed E-state index contributed by atoms with van der Waals surface area (Å²) in [4.78, 5) is 2.08. The van der Waals surface area contributed by atoms with Crippen molar-refractivity contribution in [1.29, 1.82) is 0 Å². The Hall–Kier alpha value is -0.960. The van der Waals surface area contributed by atoms with Crippen LogP contribution in [0.4, 0.5) is 15.8 Å². The van der Waals surface area contributed by atoms with Gasteiger partial charge >= 0.3 is 0 Å². The van der Waals surface area contributed by atoms with Gasteiger partial charge in [0.25, 0.3) is 0 Å². The number of halogens is 2. The van der Waals surface area contributed by atoms with Gasteiger partial charge in [-0.05, 0) is 19.4 Å². The minimum absolute atomic E-state index is 0.119. The van der Waals surface area contributed by atoms with Crippen LogP contribution in [0.2, 0.25) is 5.02 Å². The molecule has 0 unspecified atom stereocenters. The van der Waals surface area contributed by atoms with Crippen molar-refractivity contribution in [1.82, 2.24) is 0 Å². The second-order valence-electron chi connectivity index (χ2n) is 3.40. The molecule has 0 heterocycles. The monoisotopic (exact) mass is 230 g/mol. The fraction of sp³-hybridized carbons (Fsp3) is 0.455. The molecule has 15 heavy (non-hydrogen) atoms. The van der Waals surface area contributed by atoms with Crippen molar-refractivity contribution in [2.75, 3.05) is 23.7 Å². The van der Waals surface area contributed by atoms with E-state index in [2.05, 4.69) is 11.8 Å². The van der Waals surface area contributed by atoms with Gasteiger partial charge in [0.1, 0.15) is 5.82 Å². The standard InChI is InChI=1S/C11H16ClFN2/c1-3-5-15(4-2)11-6-8(12)9(13)7-10(11)14/h6-7H,3-5,14H2,1-2H3. The van der Waals surface area contributed by atoms with Crippen molar-refractivity contribution in [3.63, 3.8) is 0 Å². The summed E-state index contributed by atoms with van der Waals surface area (Å²) in [6.45, 7) is 5.85. The van der Waals surface area contributed by atoms with E-state index in [4.69, 9.17) is 17.3 Å². The molecule has 0 aromatic heterocycles. The number of hydrogen-bond donors (Lipinski definition) is 1. The Bertz CT molecular complexity index is 342. The third-order valence-electron chi connectivity index (χ3n) is 2.29. The summed E-state index contributed by atoms with van der Waals surface area (Å²) in [5, 5.41) is 0.119. The van der Waals surface area contributed by atoms with Crippen LogP contribution in [0.25, 0.3) is 0 Å². The van der Waals surface area contributed by atoms with E-state index < -0.39 is 5.82 Å². The maximum atomic E-state index is 13.1. The number of rotatable bonds is 4. The van der Waals surface area contributed by atoms with E-state index in [-0.39, 0.29) is 5.02 Å². The number of nitrogen functional groups attached to an aromatic ring is 1. The van der Waals surface area contributed by atoms with Crippen molar-refractivity contribution < 1.29 is 4.39 Å². The van der Waals surface area contributed by atoms with Crippen LogP contribution in [0.5, 0.6) is 0 Å². The summed E-state index contributed by atoms with van der Waals surface area (Å²) in [6, 6.07) is 2.86. The molecule has 0 bridgehead atoms. The molecule has 2 nitrogen and oxygen atoms in total. The summed E-state index contributed by atoms with van der Waals surface area (Å²) < 4.78 is 13.1. The minimum Gasteiger partial charge on any atom is -0.397 e. The normalized spacial score (nSPS) is 10.4. The molecule has 1 rings (SSSR count). The summed E-state index contributed by atoms with van der Waals surface area (Å²) in [5.41, 5.74) is 7.00. The van der Waals surface area contributed by atoms with E-state index in [9.17, 15) is 4.39 Å². The first-order valence-corrected chi connectivity index (χ1v) is 5.47. The fourth-order valence-corrected chi connectivity index (χ4v) is 1.70. The molecule has 0 fully saturated rings. The van der Waals surface area contributed by atoms with Crippen LogP contribution in [0, 0.1) is 5.82 Å². The van der Waals surface area contributed by atoms with Gasteiger partial charge in [-0.3, -0.25) is 0 Å². The second kappa shape index (κ2) is 5.21. The maximum Gasteiger partial charge on any atom is 0.143 e. The minimum atomic E-state index is -0.467. The van der Waals surface area contributed by atoms with Crippen molar-refractivity contribution in [3.8, 4) is 0 Å². The van der Waals surface area contributed by atoms with Gasteiger partial charge in [-0.15, -0.1) is 0 Å². The Morgan fingerprint density at radius 2 is 2.07 bits per heavy atom. The van der Waals surface area contributed by atoms with Crippen molar-refractivity contribution in [2.45, 2.75) is 20.3 Å². The SMILES string of the molecule is CCCN(CC)c1cc(Cl)c(F)cc1N. The zero-order chi connectivity index (χ0) is 11.4. The molecule has 1 aromatic rings. The number of nitrogens with zero attached hydrogens (tertiary/aromatic N) is 1. The van der Waals surface area contributed by atoms with Gasteiger partial charge in [0.05, 0.1) is 16.4 Å². The molecule has 0 atom stereocenters. The van der Waals surface area contributed by atoms with E-state index in [1.54, 1.807) is 6.07 Å². The Morgan fingerprint density at radius 3 is 2.60 bits per heavy atom. The van der Waals surface area contributed by atoms with E-state index in [1.807, 2.05) is 6.92 Å². The Kier molecular flexibility index (Phi) is 4.21. The number of hydrogen-bond acceptors (Lipinski definition) is 2. The number of benzene rings is 1. The van der Waals surface area contributed by atoms with Gasteiger partial charge in [-0.25, -0.2) is 4.39 Å². The highest BCUT2D eigenvalue weighted by molar-refractivity contribution is 6.31. The third-order valence-corrected chi connectivity index (χ3v) is 2.58. The Labute approximate surface area is 94.8 Å². The number of anilines is 2. The van der Waals surface area contributed by atoms with Crippen LogP contribution >= 0.6 is 11.6 Å². The largest absolute Gasteiger partial charge is 0.397 e. The molecule has 0 saturated heterocycles. The number of nitrogens with two attached hydrogens (primary N) is 1. The lowest BCUT2D eigenvalue weighted by Crippen LogP contribution is -2.24. The van der Waals surface area contributed by atoms with Crippen LogP contribution in [0.3, 0.4) is 0 Å². The molecule has 84 valence electrons. The van der Waals surface area contributed by atoms with Crippen LogP contribution in [0.1, 0.15) is 20.3 Å². The highest BCUT2D eigenvalue weighted by Crippen LogP contribution is 2.29. The smallest absolute Gasteiger partial charge is 0.143 e. The van der Waals surface area contributed by atoms with E-state index in [0.717, 1.165) is 25.2 Å². The fourth-order valence-electron chi connectivity index (χ4n) is 1.54. The summed E-state index contributed by atoms with van der Waals surface area (Å²) in [6.07, 6.45) is 1.02. The highest BCUT2D eigenvalue weighted by atomic mass is 35.5. The summed E-state index contributed by atoms with van der Waals surface area (Å²) in [7, 11) is 0. The van der Waals surface area contributed by atoms with Gasteiger partial charge in [-0.1, -0.05) is 18.5 Å². The predicted molar refractivity (Wildman–Crippen MR) is 64.0 cm³/mol. The summed E-state index contributed by atoms with van der Waals surface area (Å²) in [5.74, 6) is -0.467. The average Bonchev–Trinajstić information content (AvgIpc) is 2.20. The van der Waals surface area contributed by atoms with Crippen molar-refractivity contribution in [3.05, 3.63) is 23.0 Å². The molecule has 0 saturated carbocycles. The third kappa shape index (κ3) is 2.75. The van der Waals surface area contributed by atoms with Crippen LogP contribution < -0.4 is 10.6 Å². The van der Waals surface area contributed by atoms with Crippen LogP contribution in [-0.2, 0) is 0 Å². The van der Waals surface area contributed by atoms with Crippen LogP contribution in [0.15, 0.2) is 12.1 Å². The first-order valence-electron chi connectivity index (χ1n) is 5.09. The molecule has 0 aliphatic rings. The molecule has 2 N–H and O–H groups in total. The topological polar surface area (TPSA) is 29.3 Å². The van der Waals surface area contributed by atoms with Gasteiger partial charge in [0, 0.05) is 19.2 Å². The molecule has 0 spiro atoms. The average molecular weight is 231 g/mol. The zero-order valence-corrected chi connectivity index (χ0v) is 9.81. The van der Waals surface area contributed by atoms with E-state index in [0.29, 0.717) is 5.69 Å². The van der Waals surface area contributed by atoms with E-state index in [1.165, 1.54) is 6.07 Å². The summed E-state index contributed by atoms with van der Waals surface area (Å²) >= 11 is 5.73. The molecule has 1 aromatic carbocycles. The van der Waals surface area contributed by atoms with E-state index >= 15 is 0 Å². The molecule has 0 amide bonds. The Balaban J connectivity index is 3.06. The molecule has 0 aliphatic carbocycles. The van der Waals surface area contributed by atoms with Gasteiger partial charge in [0.15, 0.2) is 0 Å². The van der Waals surface area contributed by atoms with Crippen molar-refractivity contribution >= 4 is 23.0 Å². The first-order chi connectivity index (χ1) is 7.10. The Morgan fingerprint density at radius 1 is 1.40 bits per heavy atom. The predicted octanol–water partition coefficient (Wildman–Crippen LogP) is 3.30. The van der Waals surface area contributed by atoms with Gasteiger partial charge in [-0.2, -0.15) is 0 Å². The molecule has 0 radical (unpaired) electrons. The first kappa shape index (κ1) is 12.1. The van der Waals surface area contributed by atoms with Crippen LogP contribution in [-0.4, -0.2) is 13.1 Å². The molecular formula is C11H16ClFN2.